The number of nitrogens with zero attached hydrogens (tertiary/aromatic N) is 2. The van der Waals surface area contributed by atoms with Crippen molar-refractivity contribution in [2.75, 3.05) is 39.9 Å². The molecule has 0 aliphatic carbocycles. The summed E-state index contributed by atoms with van der Waals surface area (Å²) in [6.07, 6.45) is 4.41. The highest BCUT2D eigenvalue weighted by Gasteiger charge is 2.25. The second-order valence-electron chi connectivity index (χ2n) is 5.86. The van der Waals surface area contributed by atoms with Crippen LogP contribution in [0.25, 0.3) is 0 Å². The Morgan fingerprint density at radius 3 is 2.63 bits per heavy atom. The van der Waals surface area contributed by atoms with Crippen LogP contribution < -0.4 is 5.32 Å². The van der Waals surface area contributed by atoms with Gasteiger partial charge < -0.3 is 9.64 Å². The average Bonchev–Trinajstić information content (AvgIpc) is 2.45. The lowest BCUT2D eigenvalue weighted by Crippen LogP contribution is -2.45. The molecular formula is C15H29N3O. The van der Waals surface area contributed by atoms with Crippen molar-refractivity contribution in [3.63, 3.8) is 0 Å². The minimum atomic E-state index is -0.376. The fraction of sp³-hybridized carbons (Fsp3) is 0.933. The molecule has 1 atom stereocenters. The van der Waals surface area contributed by atoms with Gasteiger partial charge in [-0.2, -0.15) is 5.26 Å². The summed E-state index contributed by atoms with van der Waals surface area (Å²) in [4.78, 5) is 2.48. The van der Waals surface area contributed by atoms with Crippen molar-refractivity contribution in [3.8, 4) is 6.07 Å². The van der Waals surface area contributed by atoms with Crippen LogP contribution in [0, 0.1) is 17.2 Å². The normalized spacial score (nSPS) is 20.9. The van der Waals surface area contributed by atoms with Crippen LogP contribution in [-0.2, 0) is 4.74 Å². The molecular weight excluding hydrogens is 238 g/mol. The molecule has 0 saturated carbocycles. The number of ether oxygens (including phenoxy) is 1. The van der Waals surface area contributed by atoms with Gasteiger partial charge in [0.05, 0.1) is 6.07 Å². The number of hydrogen-bond donors (Lipinski definition) is 1. The smallest absolute Gasteiger partial charge is 0.105 e. The molecule has 0 bridgehead atoms. The first-order valence-corrected chi connectivity index (χ1v) is 7.51. The van der Waals surface area contributed by atoms with Crippen molar-refractivity contribution >= 4 is 0 Å². The number of nitriles is 1. The van der Waals surface area contributed by atoms with Crippen molar-refractivity contribution in [2.24, 2.45) is 5.92 Å². The van der Waals surface area contributed by atoms with E-state index in [0.717, 1.165) is 51.5 Å². The number of hydrogen-bond acceptors (Lipinski definition) is 4. The lowest BCUT2D eigenvalue weighted by Gasteiger charge is -2.33. The molecule has 19 heavy (non-hydrogen) atoms. The number of methoxy groups -OCH3 is 1. The lowest BCUT2D eigenvalue weighted by molar-refractivity contribution is 0.0967. The van der Waals surface area contributed by atoms with E-state index in [4.69, 9.17) is 4.74 Å². The van der Waals surface area contributed by atoms with E-state index >= 15 is 0 Å². The number of nitrogens with one attached hydrogen (secondary N) is 1. The molecule has 0 spiro atoms. The summed E-state index contributed by atoms with van der Waals surface area (Å²) in [6.45, 7) is 9.25. The Morgan fingerprint density at radius 2 is 2.11 bits per heavy atom. The quantitative estimate of drug-likeness (QED) is 0.731. The second-order valence-corrected chi connectivity index (χ2v) is 5.86. The first-order chi connectivity index (χ1) is 9.13. The van der Waals surface area contributed by atoms with E-state index < -0.39 is 0 Å². The highest BCUT2D eigenvalue weighted by molar-refractivity contribution is 5.04. The minimum Gasteiger partial charge on any atom is -0.384 e. The predicted molar refractivity (Wildman–Crippen MR) is 78.0 cm³/mol. The number of rotatable bonds is 8. The zero-order valence-electron chi connectivity index (χ0n) is 12.7. The highest BCUT2D eigenvalue weighted by atomic mass is 16.5. The molecule has 0 radical (unpaired) electrons. The number of piperidine rings is 1. The highest BCUT2D eigenvalue weighted by Crippen LogP contribution is 2.19. The predicted octanol–water partition coefficient (Wildman–Crippen LogP) is 2.02. The van der Waals surface area contributed by atoms with Crippen LogP contribution in [0.4, 0.5) is 0 Å². The fourth-order valence-corrected chi connectivity index (χ4v) is 2.58. The van der Waals surface area contributed by atoms with E-state index in [1.165, 1.54) is 12.8 Å². The maximum Gasteiger partial charge on any atom is 0.105 e. The van der Waals surface area contributed by atoms with Crippen LogP contribution in [0.15, 0.2) is 0 Å². The minimum absolute atomic E-state index is 0.376. The Bertz CT molecular complexity index is 282. The molecule has 0 aromatic heterocycles. The molecule has 1 aliphatic rings. The van der Waals surface area contributed by atoms with Crippen molar-refractivity contribution < 1.29 is 4.74 Å². The molecule has 1 heterocycles. The Balaban J connectivity index is 2.27. The molecule has 110 valence electrons. The van der Waals surface area contributed by atoms with Gasteiger partial charge in [-0.3, -0.25) is 5.32 Å². The summed E-state index contributed by atoms with van der Waals surface area (Å²) >= 11 is 0. The van der Waals surface area contributed by atoms with E-state index in [1.807, 2.05) is 6.92 Å². The van der Waals surface area contributed by atoms with Gasteiger partial charge in [0.25, 0.3) is 0 Å². The summed E-state index contributed by atoms with van der Waals surface area (Å²) in [5, 5.41) is 12.7. The monoisotopic (exact) mass is 267 g/mol. The van der Waals surface area contributed by atoms with Gasteiger partial charge in [-0.25, -0.2) is 0 Å². The maximum atomic E-state index is 9.31. The summed E-state index contributed by atoms with van der Waals surface area (Å²) in [7, 11) is 1.78. The summed E-state index contributed by atoms with van der Waals surface area (Å²) in [6, 6.07) is 2.42. The molecule has 4 nitrogen and oxygen atoms in total. The second kappa shape index (κ2) is 8.52. The zero-order chi connectivity index (χ0) is 14.1. The van der Waals surface area contributed by atoms with Crippen molar-refractivity contribution in [1.29, 1.82) is 5.26 Å². The Labute approximate surface area is 118 Å². The molecule has 0 aromatic rings. The first-order valence-electron chi connectivity index (χ1n) is 7.51. The Hall–Kier alpha value is -0.630. The third-order valence-electron chi connectivity index (χ3n) is 4.05. The molecule has 1 aliphatic heterocycles. The van der Waals surface area contributed by atoms with E-state index in [0.29, 0.717) is 0 Å². The third kappa shape index (κ3) is 5.90. The molecule has 1 N–H and O–H groups in total. The largest absolute Gasteiger partial charge is 0.384 e. The molecule has 0 aromatic carbocycles. The fourth-order valence-electron chi connectivity index (χ4n) is 2.58. The standard InChI is InChI=1S/C15H29N3O/c1-4-8-17-15(2,13-16)7-11-18-9-5-14(6-10-18)12-19-3/h14,17H,4-12H2,1-3H3. The lowest BCUT2D eigenvalue weighted by atomic mass is 9.95. The van der Waals surface area contributed by atoms with Crippen LogP contribution in [-0.4, -0.2) is 50.3 Å². The summed E-state index contributed by atoms with van der Waals surface area (Å²) in [5.74, 6) is 0.724. The molecule has 4 heteroatoms. The summed E-state index contributed by atoms with van der Waals surface area (Å²) in [5.41, 5.74) is -0.376. The van der Waals surface area contributed by atoms with Gasteiger partial charge in [0.1, 0.15) is 5.54 Å². The summed E-state index contributed by atoms with van der Waals surface area (Å²) < 4.78 is 5.22. The van der Waals surface area contributed by atoms with E-state index in [1.54, 1.807) is 7.11 Å². The van der Waals surface area contributed by atoms with Gasteiger partial charge in [0, 0.05) is 20.3 Å². The average molecular weight is 267 g/mol. The number of likely N-dealkylation sites (tertiary alicyclic amines) is 1. The van der Waals surface area contributed by atoms with Crippen molar-refractivity contribution in [3.05, 3.63) is 0 Å². The van der Waals surface area contributed by atoms with Crippen LogP contribution in [0.1, 0.15) is 39.5 Å². The van der Waals surface area contributed by atoms with E-state index in [9.17, 15) is 5.26 Å². The molecule has 1 saturated heterocycles. The van der Waals surface area contributed by atoms with Gasteiger partial charge >= 0.3 is 0 Å². The SMILES string of the molecule is CCCNC(C)(C#N)CCN1CCC(COC)CC1. The van der Waals surface area contributed by atoms with Gasteiger partial charge in [-0.05, 0) is 58.2 Å². The van der Waals surface area contributed by atoms with Gasteiger partial charge in [-0.15, -0.1) is 0 Å². The van der Waals surface area contributed by atoms with E-state index in [-0.39, 0.29) is 5.54 Å². The van der Waals surface area contributed by atoms with Crippen molar-refractivity contribution in [2.45, 2.75) is 45.1 Å². The molecule has 1 unspecified atom stereocenters. The van der Waals surface area contributed by atoms with E-state index in [2.05, 4.69) is 23.2 Å². The van der Waals surface area contributed by atoms with Crippen LogP contribution in [0.5, 0.6) is 0 Å². The Morgan fingerprint density at radius 1 is 1.42 bits per heavy atom. The Kier molecular flexibility index (Phi) is 7.37. The maximum absolute atomic E-state index is 9.31. The first kappa shape index (κ1) is 16.4. The van der Waals surface area contributed by atoms with Crippen LogP contribution >= 0.6 is 0 Å². The van der Waals surface area contributed by atoms with Crippen LogP contribution in [0.3, 0.4) is 0 Å². The zero-order valence-corrected chi connectivity index (χ0v) is 12.7. The van der Waals surface area contributed by atoms with Gasteiger partial charge in [0.2, 0.25) is 0 Å². The van der Waals surface area contributed by atoms with Gasteiger partial charge in [-0.1, -0.05) is 6.92 Å². The molecule has 1 rings (SSSR count). The topological polar surface area (TPSA) is 48.3 Å². The molecule has 1 fully saturated rings. The van der Waals surface area contributed by atoms with Crippen molar-refractivity contribution in [1.82, 2.24) is 10.2 Å². The third-order valence-corrected chi connectivity index (χ3v) is 4.05. The molecule has 0 amide bonds. The van der Waals surface area contributed by atoms with Crippen LogP contribution in [0.2, 0.25) is 0 Å². The van der Waals surface area contributed by atoms with Gasteiger partial charge in [0.15, 0.2) is 0 Å².